The van der Waals surface area contributed by atoms with Crippen molar-refractivity contribution in [2.75, 3.05) is 71.6 Å². The van der Waals surface area contributed by atoms with E-state index in [1.807, 2.05) is 60.5 Å². The van der Waals surface area contributed by atoms with E-state index >= 15 is 4.79 Å². The van der Waals surface area contributed by atoms with Gasteiger partial charge in [0.15, 0.2) is 0 Å². The van der Waals surface area contributed by atoms with Crippen molar-refractivity contribution >= 4 is 46.2 Å². The molecule has 430 valence electrons. The van der Waals surface area contributed by atoms with E-state index in [1.165, 1.54) is 9.91 Å². The van der Waals surface area contributed by atoms with Crippen LogP contribution in [0.4, 0.5) is 5.69 Å². The van der Waals surface area contributed by atoms with E-state index < -0.39 is 53.3 Å². The summed E-state index contributed by atoms with van der Waals surface area (Å²) in [6, 6.07) is 20.2. The van der Waals surface area contributed by atoms with Crippen LogP contribution in [0.15, 0.2) is 91.6 Å². The number of aromatic nitrogens is 2. The number of aromatic hydroxyl groups is 1. The second-order valence-corrected chi connectivity index (χ2v) is 23.6. The van der Waals surface area contributed by atoms with E-state index in [0.29, 0.717) is 82.7 Å². The topological polar surface area (TPSA) is 208 Å². The van der Waals surface area contributed by atoms with Gasteiger partial charge in [0.2, 0.25) is 11.8 Å². The maximum atomic E-state index is 15.1. The molecule has 81 heavy (non-hydrogen) atoms. The number of phenols is 1. The summed E-state index contributed by atoms with van der Waals surface area (Å²) in [4.78, 5) is 82.4. The molecule has 5 aliphatic rings. The van der Waals surface area contributed by atoms with Gasteiger partial charge in [-0.15, -0.1) is 6.58 Å². The second-order valence-electron chi connectivity index (χ2n) is 23.6. The predicted molar refractivity (Wildman–Crippen MR) is 308 cm³/mol. The molecule has 18 heteroatoms. The number of rotatable bonds is 15. The summed E-state index contributed by atoms with van der Waals surface area (Å²) in [5, 5.41) is 26.4. The number of hydrogen-bond donors (Lipinski definition) is 4. The number of ether oxygens (including phenoxy) is 3. The number of benzene rings is 3. The second kappa shape index (κ2) is 23.8. The Kier molecular flexibility index (Phi) is 16.8. The number of nitrogens with zero attached hydrogens (tertiary/aromatic N) is 6. The number of fused-ring (bicyclic) bond motifs is 8. The number of likely N-dealkylation sites (N-methyl/N-ethyl adjacent to an activating group) is 1. The third-order valence-corrected chi connectivity index (χ3v) is 17.4. The standard InChI is InChI=1S/C63H78N8O10/c1-9-37(3)56(67(7)61(77)58-50(35-80-58)40-15-12-11-13-16-40)59(75)65-51-27-39-25-42(28-45(73)26-39)41-18-19-52-47(29-41)49(32-63(5,6)36-81-62(78)55-46-30-43(46)34-71(66-55)60(51)76)57(70(52)10-2)48-31-44(33-64-54(48)38(4)79-8)68-20-22-69(23-21-68)53(74)17-14-24-72/h9,11-13,15-16,18-19,25-26,28-29,31,33,37-38,43,46,50-51,55-56,58,66,72-73H,1,10,14,17,20-24,27,30,32,34-36H2,2-8H3,(H,65,75)/t37-,38+,43?,46+,50-,51+,55+,56+,58-/m1/s1. The van der Waals surface area contributed by atoms with E-state index in [2.05, 4.69) is 65.8 Å². The van der Waals surface area contributed by atoms with E-state index in [4.69, 9.17) is 19.2 Å². The Bertz CT molecular complexity index is 3190. The monoisotopic (exact) mass is 1110 g/mol. The highest BCUT2D eigenvalue weighted by Gasteiger charge is 2.53. The van der Waals surface area contributed by atoms with Gasteiger partial charge < -0.3 is 49.0 Å². The molecule has 4 N–H and O–H groups in total. The van der Waals surface area contributed by atoms with Crippen LogP contribution in [0.25, 0.3) is 33.3 Å². The summed E-state index contributed by atoms with van der Waals surface area (Å²) in [5.41, 5.74) is 11.1. The molecule has 0 radical (unpaired) electrons. The zero-order chi connectivity index (χ0) is 57.4. The first kappa shape index (κ1) is 57.1. The average Bonchev–Trinajstić information content (AvgIpc) is 4.28. The number of amides is 4. The average molecular weight is 1110 g/mol. The van der Waals surface area contributed by atoms with Crippen LogP contribution in [0.3, 0.4) is 0 Å². The number of aryl methyl sites for hydroxylation is 1. The highest BCUT2D eigenvalue weighted by atomic mass is 16.5. The minimum atomic E-state index is -1.21. The van der Waals surface area contributed by atoms with Crippen molar-refractivity contribution < 1.29 is 48.4 Å². The van der Waals surface area contributed by atoms with E-state index in [9.17, 15) is 29.4 Å². The Morgan fingerprint density at radius 3 is 2.48 bits per heavy atom. The van der Waals surface area contributed by atoms with Crippen LogP contribution in [0.2, 0.25) is 0 Å². The smallest absolute Gasteiger partial charge is 0.325 e. The van der Waals surface area contributed by atoms with E-state index in [1.54, 1.807) is 39.3 Å². The van der Waals surface area contributed by atoms with Crippen LogP contribution in [-0.4, -0.2) is 155 Å². The van der Waals surface area contributed by atoms with Crippen molar-refractivity contribution in [3.05, 3.63) is 114 Å². The molecule has 4 fully saturated rings. The van der Waals surface area contributed by atoms with Crippen molar-refractivity contribution in [2.45, 2.75) is 110 Å². The van der Waals surface area contributed by atoms with Crippen molar-refractivity contribution in [3.63, 3.8) is 0 Å². The number of hydrogen-bond acceptors (Lipinski definition) is 13. The maximum Gasteiger partial charge on any atom is 0.325 e. The molecule has 1 unspecified atom stereocenters. The lowest BCUT2D eigenvalue weighted by Crippen LogP contribution is -2.63. The molecule has 1 aliphatic carbocycles. The Balaban J connectivity index is 1.04. The summed E-state index contributed by atoms with van der Waals surface area (Å²) in [7, 11) is 3.25. The number of esters is 1. The lowest BCUT2D eigenvalue weighted by molar-refractivity contribution is -0.164. The number of nitrogens with one attached hydrogen (secondary N) is 2. The van der Waals surface area contributed by atoms with Gasteiger partial charge in [-0.05, 0) is 103 Å². The molecule has 9 atom stereocenters. The Hall–Kier alpha value is -7.12. The molecule has 0 spiro atoms. The first-order valence-electron chi connectivity index (χ1n) is 28.7. The van der Waals surface area contributed by atoms with Gasteiger partial charge in [0.05, 0.1) is 42.6 Å². The molecule has 6 heterocycles. The van der Waals surface area contributed by atoms with Crippen molar-refractivity contribution in [3.8, 4) is 28.1 Å². The maximum absolute atomic E-state index is 15.1. The molecule has 4 amide bonds. The SMILES string of the molecule is C=C[C@@H](C)[C@@H](C(=O)N[C@H]1Cc2cc(O)cc(c2)-c2ccc3c(c2)c(c(-c2cc(N4CCN(C(=O)CCCO)CC4)cnc2[C@H](C)OC)n3CC)CC(C)(C)COC(=O)[C@H]2NN(CC3C[C@@H]32)C1=O)N(C)C(=O)[C@@H]1OC[C@@H]1c1ccccc1. The summed E-state index contributed by atoms with van der Waals surface area (Å²) >= 11 is 0. The number of pyridine rings is 1. The lowest BCUT2D eigenvalue weighted by atomic mass is 9.84. The molecule has 1 saturated carbocycles. The van der Waals surface area contributed by atoms with Crippen molar-refractivity contribution in [2.24, 2.45) is 23.2 Å². The fraction of sp³-hybridized carbons (Fsp3) is 0.492. The normalized spacial score (nSPS) is 23.7. The minimum Gasteiger partial charge on any atom is -0.508 e. The lowest BCUT2D eigenvalue weighted by Gasteiger charge is -2.41. The van der Waals surface area contributed by atoms with Gasteiger partial charge >= 0.3 is 5.97 Å². The molecule has 18 nitrogen and oxygen atoms in total. The summed E-state index contributed by atoms with van der Waals surface area (Å²) in [6.07, 6.45) is 4.20. The number of aliphatic hydroxyl groups excluding tert-OH is 1. The Labute approximate surface area is 474 Å². The molecule has 5 aromatic rings. The number of piperazine rings is 1. The third kappa shape index (κ3) is 11.7. The number of cyclic esters (lactones) is 1. The minimum absolute atomic E-state index is 0.0248. The molecule has 3 aromatic carbocycles. The van der Waals surface area contributed by atoms with Crippen molar-refractivity contribution in [1.29, 1.82) is 0 Å². The van der Waals surface area contributed by atoms with Gasteiger partial charge in [-0.25, -0.2) is 5.43 Å². The molecular weight excluding hydrogens is 1030 g/mol. The van der Waals surface area contributed by atoms with Gasteiger partial charge in [0, 0.05) is 107 Å². The molecule has 4 aliphatic heterocycles. The van der Waals surface area contributed by atoms with Crippen LogP contribution >= 0.6 is 0 Å². The number of anilines is 1. The number of methoxy groups -OCH3 is 1. The zero-order valence-corrected chi connectivity index (χ0v) is 47.7. The highest BCUT2D eigenvalue weighted by Crippen LogP contribution is 2.46. The van der Waals surface area contributed by atoms with E-state index in [0.717, 1.165) is 50.2 Å². The summed E-state index contributed by atoms with van der Waals surface area (Å²) < 4.78 is 20.5. The number of phenolic OH excluding ortho intramolecular Hbond substituents is 1. The van der Waals surface area contributed by atoms with Crippen LogP contribution in [-0.2, 0) is 57.6 Å². The van der Waals surface area contributed by atoms with Gasteiger partial charge in [-0.3, -0.25) is 34.0 Å². The molecular formula is C63H78N8O10. The fourth-order valence-electron chi connectivity index (χ4n) is 12.6. The summed E-state index contributed by atoms with van der Waals surface area (Å²) in [5.74, 6) is -2.64. The number of aliphatic hydroxyl groups is 1. The molecule has 6 bridgehead atoms. The van der Waals surface area contributed by atoms with Gasteiger partial charge in [-0.1, -0.05) is 69.3 Å². The number of carbonyl (C=O) groups is 5. The summed E-state index contributed by atoms with van der Waals surface area (Å²) in [6.45, 7) is 17.7. The van der Waals surface area contributed by atoms with Crippen molar-refractivity contribution in [1.82, 2.24) is 35.1 Å². The first-order chi connectivity index (χ1) is 38.9. The molecule has 3 saturated heterocycles. The highest BCUT2D eigenvalue weighted by molar-refractivity contribution is 5.97. The van der Waals surface area contributed by atoms with Crippen LogP contribution in [0, 0.1) is 23.2 Å². The zero-order valence-electron chi connectivity index (χ0n) is 47.7. The number of carbonyl (C=O) groups excluding carboxylic acids is 5. The first-order valence-corrected chi connectivity index (χ1v) is 28.7. The van der Waals surface area contributed by atoms with Crippen LogP contribution < -0.4 is 15.6 Å². The van der Waals surface area contributed by atoms with Gasteiger partial charge in [0.1, 0.15) is 30.0 Å². The van der Waals surface area contributed by atoms with Gasteiger partial charge in [-0.2, -0.15) is 0 Å². The quantitative estimate of drug-likeness (QED) is 0.0648. The number of hydrazine groups is 1. The fourth-order valence-corrected chi connectivity index (χ4v) is 12.6. The van der Waals surface area contributed by atoms with Crippen LogP contribution in [0.1, 0.15) is 88.3 Å². The predicted octanol–water partition coefficient (Wildman–Crippen LogP) is 6.56. The van der Waals surface area contributed by atoms with Crippen LogP contribution in [0.5, 0.6) is 5.75 Å². The van der Waals surface area contributed by atoms with Gasteiger partial charge in [0.25, 0.3) is 11.8 Å². The molecule has 2 aromatic heterocycles. The Morgan fingerprint density at radius 1 is 1.02 bits per heavy atom. The third-order valence-electron chi connectivity index (χ3n) is 17.4. The molecule has 10 rings (SSSR count). The Morgan fingerprint density at radius 2 is 1.79 bits per heavy atom. The largest absolute Gasteiger partial charge is 0.508 e. The van der Waals surface area contributed by atoms with E-state index in [-0.39, 0.29) is 61.1 Å².